The van der Waals surface area contributed by atoms with Gasteiger partial charge in [0.05, 0.1) is 43.7 Å². The molecule has 1 aliphatic heterocycles. The van der Waals surface area contributed by atoms with Gasteiger partial charge in [-0.2, -0.15) is 0 Å². The Labute approximate surface area is 236 Å². The molecule has 2 amide bonds. The molecule has 3 aromatic carbocycles. The molecule has 0 aliphatic carbocycles. The van der Waals surface area contributed by atoms with Gasteiger partial charge in [0, 0.05) is 19.0 Å². The molecule has 1 aliphatic rings. The van der Waals surface area contributed by atoms with Crippen molar-refractivity contribution in [2.45, 2.75) is 31.8 Å². The number of fused-ring (bicyclic) bond motifs is 1. The van der Waals surface area contributed by atoms with Crippen LogP contribution in [0.25, 0.3) is 0 Å². The van der Waals surface area contributed by atoms with Crippen LogP contribution in [0.15, 0.2) is 84.9 Å². The van der Waals surface area contributed by atoms with Gasteiger partial charge in [-0.1, -0.05) is 72.8 Å². The molecule has 38 heavy (non-hydrogen) atoms. The number of benzene rings is 3. The Hall–Kier alpha value is -2.82. The summed E-state index contributed by atoms with van der Waals surface area (Å²) in [6.07, 6.45) is -0.281. The van der Waals surface area contributed by atoms with E-state index >= 15 is 0 Å². The van der Waals surface area contributed by atoms with Gasteiger partial charge in [-0.3, -0.25) is 14.5 Å². The maximum atomic E-state index is 12.3. The Morgan fingerprint density at radius 2 is 1.13 bits per heavy atom. The first-order chi connectivity index (χ1) is 17.5. The van der Waals surface area contributed by atoms with E-state index in [4.69, 9.17) is 26.7 Å². The second kappa shape index (κ2) is 17.6. The average molecular weight is 564 g/mol. The van der Waals surface area contributed by atoms with Gasteiger partial charge >= 0.3 is 0 Å². The Morgan fingerprint density at radius 1 is 0.684 bits per heavy atom. The highest BCUT2D eigenvalue weighted by Crippen LogP contribution is 2.24. The number of nitrogens with zero attached hydrogens (tertiary/aromatic N) is 1. The molecule has 8 nitrogen and oxygen atoms in total. The van der Waals surface area contributed by atoms with Crippen LogP contribution in [0, 0.1) is 0 Å². The van der Waals surface area contributed by atoms with Crippen LogP contribution in [-0.4, -0.2) is 48.7 Å². The molecule has 0 saturated heterocycles. The molecule has 2 atom stereocenters. The van der Waals surface area contributed by atoms with Gasteiger partial charge in [0.15, 0.2) is 0 Å². The minimum absolute atomic E-state index is 0. The van der Waals surface area contributed by atoms with Crippen molar-refractivity contribution < 1.29 is 19.1 Å². The third-order valence-electron chi connectivity index (χ3n) is 5.57. The summed E-state index contributed by atoms with van der Waals surface area (Å²) in [7, 11) is 0. The van der Waals surface area contributed by atoms with Crippen LogP contribution in [-0.2, 0) is 22.7 Å². The van der Waals surface area contributed by atoms with Crippen molar-refractivity contribution in [3.63, 3.8) is 0 Å². The minimum Gasteiger partial charge on any atom is -0.377 e. The fourth-order valence-electron chi connectivity index (χ4n) is 3.58. The smallest absolute Gasteiger partial charge is 0.262 e. The summed E-state index contributed by atoms with van der Waals surface area (Å²) in [4.78, 5) is 25.7. The van der Waals surface area contributed by atoms with E-state index in [0.717, 1.165) is 16.0 Å². The molecule has 6 N–H and O–H groups in total. The topological polar surface area (TPSA) is 134 Å². The summed E-state index contributed by atoms with van der Waals surface area (Å²) >= 11 is 0. The van der Waals surface area contributed by atoms with E-state index in [9.17, 15) is 9.59 Å². The van der Waals surface area contributed by atoms with Gasteiger partial charge in [-0.25, -0.2) is 0 Å². The standard InChI is InChI=1S/C18H18N2O3.C10H16N2O.2ClH/c19-16(10-11-23-12-13-6-2-1-3-7-13)20-17(21)14-8-4-5-9-15(14)18(20)22;11-6-10(12)8-13-7-9-4-2-1-3-5-9;;/h1-9,16H,10-12,19H2;1-5,10H,6-8,11-12H2;2*1H. The lowest BCUT2D eigenvalue weighted by Crippen LogP contribution is -2.46. The number of amides is 2. The largest absolute Gasteiger partial charge is 0.377 e. The van der Waals surface area contributed by atoms with E-state index in [1.807, 2.05) is 60.7 Å². The summed E-state index contributed by atoms with van der Waals surface area (Å²) in [6.45, 7) is 2.45. The highest BCUT2D eigenvalue weighted by Gasteiger charge is 2.38. The van der Waals surface area contributed by atoms with Crippen molar-refractivity contribution in [3.05, 3.63) is 107 Å². The number of hydrogen-bond donors (Lipinski definition) is 3. The highest BCUT2D eigenvalue weighted by atomic mass is 35.5. The van der Waals surface area contributed by atoms with Gasteiger partial charge in [0.25, 0.3) is 11.8 Å². The number of halogens is 2. The van der Waals surface area contributed by atoms with Crippen molar-refractivity contribution >= 4 is 36.6 Å². The average Bonchev–Trinajstić information content (AvgIpc) is 3.18. The van der Waals surface area contributed by atoms with Crippen LogP contribution >= 0.6 is 24.8 Å². The van der Waals surface area contributed by atoms with Crippen LogP contribution in [0.1, 0.15) is 38.3 Å². The molecule has 3 aromatic rings. The van der Waals surface area contributed by atoms with Crippen molar-refractivity contribution in [2.75, 3.05) is 19.8 Å². The Morgan fingerprint density at radius 3 is 1.61 bits per heavy atom. The van der Waals surface area contributed by atoms with Crippen molar-refractivity contribution in [1.29, 1.82) is 0 Å². The first-order valence-electron chi connectivity index (χ1n) is 11.9. The molecule has 0 saturated carbocycles. The summed E-state index contributed by atoms with van der Waals surface area (Å²) in [6, 6.07) is 26.5. The SMILES string of the molecule is Cl.Cl.NC(CCOCc1ccccc1)N1C(=O)c2ccccc2C1=O.NCC(N)COCc1ccccc1. The quantitative estimate of drug-likeness (QED) is 0.240. The van der Waals surface area contributed by atoms with Crippen LogP contribution in [0.4, 0.5) is 0 Å². The van der Waals surface area contributed by atoms with Crippen LogP contribution < -0.4 is 17.2 Å². The Balaban J connectivity index is 0.000000415. The lowest BCUT2D eigenvalue weighted by Gasteiger charge is -2.22. The number of rotatable bonds is 11. The van der Waals surface area contributed by atoms with Gasteiger partial charge in [0.1, 0.15) is 0 Å². The van der Waals surface area contributed by atoms with Crippen LogP contribution in [0.2, 0.25) is 0 Å². The van der Waals surface area contributed by atoms with Crippen LogP contribution in [0.3, 0.4) is 0 Å². The number of imide groups is 1. The summed E-state index contributed by atoms with van der Waals surface area (Å²) in [5, 5.41) is 0. The predicted molar refractivity (Wildman–Crippen MR) is 153 cm³/mol. The summed E-state index contributed by atoms with van der Waals surface area (Å²) in [5.74, 6) is -0.665. The van der Waals surface area contributed by atoms with Crippen molar-refractivity contribution in [1.82, 2.24) is 4.90 Å². The predicted octanol–water partition coefficient (Wildman–Crippen LogP) is 3.51. The number of carbonyl (C=O) groups excluding carboxylic acids is 2. The van der Waals surface area contributed by atoms with Crippen molar-refractivity contribution in [2.24, 2.45) is 17.2 Å². The fraction of sp³-hybridized carbons (Fsp3) is 0.286. The van der Waals surface area contributed by atoms with E-state index in [-0.39, 0.29) is 42.7 Å². The highest BCUT2D eigenvalue weighted by molar-refractivity contribution is 6.21. The zero-order valence-corrected chi connectivity index (χ0v) is 22.7. The third kappa shape index (κ3) is 9.81. The molecular weight excluding hydrogens is 527 g/mol. The van der Waals surface area contributed by atoms with E-state index in [2.05, 4.69) is 0 Å². The molecule has 0 radical (unpaired) electrons. The Kier molecular flexibility index (Phi) is 15.4. The zero-order chi connectivity index (χ0) is 25.8. The molecule has 10 heteroatoms. The molecule has 0 spiro atoms. The zero-order valence-electron chi connectivity index (χ0n) is 21.1. The van der Waals surface area contributed by atoms with E-state index < -0.39 is 6.17 Å². The van der Waals surface area contributed by atoms with E-state index in [0.29, 0.717) is 50.5 Å². The number of hydrogen-bond acceptors (Lipinski definition) is 7. The maximum Gasteiger partial charge on any atom is 0.262 e. The first-order valence-corrected chi connectivity index (χ1v) is 11.9. The normalized spacial score (nSPS) is 13.4. The number of nitrogens with two attached hydrogens (primary N) is 3. The van der Waals surface area contributed by atoms with E-state index in [1.54, 1.807) is 24.3 Å². The molecule has 0 aromatic heterocycles. The third-order valence-corrected chi connectivity index (χ3v) is 5.57. The van der Waals surface area contributed by atoms with Gasteiger partial charge in [-0.15, -0.1) is 24.8 Å². The lowest BCUT2D eigenvalue weighted by molar-refractivity contribution is 0.0520. The molecule has 2 unspecified atom stereocenters. The van der Waals surface area contributed by atoms with Crippen LogP contribution in [0.5, 0.6) is 0 Å². The first kappa shape index (κ1) is 33.2. The molecular formula is C28H36Cl2N4O4. The number of ether oxygens (including phenoxy) is 2. The molecule has 1 heterocycles. The maximum absolute atomic E-state index is 12.3. The minimum atomic E-state index is -0.682. The van der Waals surface area contributed by atoms with Crippen molar-refractivity contribution in [3.8, 4) is 0 Å². The fourth-order valence-corrected chi connectivity index (χ4v) is 3.58. The Bertz CT molecular complexity index is 1070. The lowest BCUT2D eigenvalue weighted by atomic mass is 10.1. The summed E-state index contributed by atoms with van der Waals surface area (Å²) in [5.41, 5.74) is 20.0. The molecule has 206 valence electrons. The number of carbonyl (C=O) groups is 2. The van der Waals surface area contributed by atoms with Gasteiger partial charge in [-0.05, 0) is 23.3 Å². The summed E-state index contributed by atoms with van der Waals surface area (Å²) < 4.78 is 10.9. The second-order valence-electron chi connectivity index (χ2n) is 8.42. The van der Waals surface area contributed by atoms with E-state index in [1.165, 1.54) is 0 Å². The second-order valence-corrected chi connectivity index (χ2v) is 8.42. The molecule has 4 rings (SSSR count). The molecule has 0 bridgehead atoms. The van der Waals surface area contributed by atoms with Gasteiger partial charge in [0.2, 0.25) is 0 Å². The van der Waals surface area contributed by atoms with Gasteiger partial charge < -0.3 is 26.7 Å². The molecule has 0 fully saturated rings. The monoisotopic (exact) mass is 562 g/mol.